The number of likely N-dealkylation sites (tertiary alicyclic amines) is 1. The van der Waals surface area contributed by atoms with Crippen LogP contribution >= 0.6 is 0 Å². The highest BCUT2D eigenvalue weighted by Gasteiger charge is 2.43. The normalized spacial score (nSPS) is 24.0. The Kier molecular flexibility index (Phi) is 9.95. The monoisotopic (exact) mass is 649 g/mol. The molecule has 3 aromatic carbocycles. The minimum atomic E-state index is -0.547. The summed E-state index contributed by atoms with van der Waals surface area (Å²) in [6.45, 7) is 6.53. The third-order valence-electron chi connectivity index (χ3n) is 9.87. The summed E-state index contributed by atoms with van der Waals surface area (Å²) < 4.78 is 25.4. The fraction of sp³-hybridized carbons (Fsp3) is 0.385. The van der Waals surface area contributed by atoms with Crippen LogP contribution in [0.2, 0.25) is 0 Å². The lowest BCUT2D eigenvalue weighted by Gasteiger charge is -2.44. The number of aliphatic hydroxyl groups is 1. The van der Waals surface area contributed by atoms with Crippen LogP contribution in [0.15, 0.2) is 97.3 Å². The van der Waals surface area contributed by atoms with Crippen LogP contribution in [-0.4, -0.2) is 65.6 Å². The topological polar surface area (TPSA) is 102 Å². The summed E-state index contributed by atoms with van der Waals surface area (Å²) >= 11 is 0. The van der Waals surface area contributed by atoms with E-state index in [4.69, 9.17) is 18.9 Å². The number of hydrogen-bond donors (Lipinski definition) is 2. The van der Waals surface area contributed by atoms with E-state index in [0.29, 0.717) is 25.3 Å². The first-order valence-electron chi connectivity index (χ1n) is 16.9. The fourth-order valence-electron chi connectivity index (χ4n) is 7.00. The quantitative estimate of drug-likeness (QED) is 0.235. The van der Waals surface area contributed by atoms with Gasteiger partial charge in [-0.1, -0.05) is 79.7 Å². The number of amides is 1. The van der Waals surface area contributed by atoms with Crippen LogP contribution < -0.4 is 5.32 Å². The molecule has 1 amide bonds. The van der Waals surface area contributed by atoms with E-state index in [0.717, 1.165) is 65.9 Å². The summed E-state index contributed by atoms with van der Waals surface area (Å²) in [6.07, 6.45) is 4.15. The van der Waals surface area contributed by atoms with E-state index in [1.165, 1.54) is 0 Å². The Bertz CT molecular complexity index is 1650. The van der Waals surface area contributed by atoms with Crippen molar-refractivity contribution in [2.45, 2.75) is 57.2 Å². The molecule has 3 fully saturated rings. The minimum absolute atomic E-state index is 0.00590. The standard InChI is InChI=1S/C39H43N3O6/c1-27-35(25-42-19-16-39(17-20-42)45-21-22-46-39)47-38(48-36(27)30-10-8-28(26-43)9-11-30)31-14-12-29(13-15-31)34-7-3-2-5-32(34)24-41-37(44)33-6-4-18-40-23-33/h2-15,18,23,27,35-36,38,43H,16-17,19-22,24-26H2,1H3,(H,41,44)/t27-,35+,36+,38+/m0/s1. The van der Waals surface area contributed by atoms with Gasteiger partial charge in [0.1, 0.15) is 0 Å². The molecule has 9 heteroatoms. The lowest BCUT2D eigenvalue weighted by atomic mass is 9.89. The molecular weight excluding hydrogens is 606 g/mol. The molecule has 0 saturated carbocycles. The number of carbonyl (C=O) groups excluding carboxylic acids is 1. The molecule has 3 saturated heterocycles. The summed E-state index contributed by atoms with van der Waals surface area (Å²) in [5, 5.41) is 12.6. The highest BCUT2D eigenvalue weighted by molar-refractivity contribution is 5.93. The molecule has 7 rings (SSSR count). The zero-order valence-electron chi connectivity index (χ0n) is 27.3. The zero-order valence-corrected chi connectivity index (χ0v) is 27.3. The van der Waals surface area contributed by atoms with E-state index in [1.807, 2.05) is 30.3 Å². The third kappa shape index (κ3) is 7.22. The van der Waals surface area contributed by atoms with Gasteiger partial charge >= 0.3 is 0 Å². The van der Waals surface area contributed by atoms with Gasteiger partial charge in [-0.3, -0.25) is 9.78 Å². The summed E-state index contributed by atoms with van der Waals surface area (Å²) in [5.41, 5.74) is 6.53. The van der Waals surface area contributed by atoms with Gasteiger partial charge in [-0.05, 0) is 39.9 Å². The van der Waals surface area contributed by atoms with Gasteiger partial charge in [0.2, 0.25) is 0 Å². The lowest BCUT2D eigenvalue weighted by Crippen LogP contribution is -2.50. The maximum absolute atomic E-state index is 12.7. The lowest BCUT2D eigenvalue weighted by molar-refractivity contribution is -0.278. The van der Waals surface area contributed by atoms with Gasteiger partial charge in [0, 0.05) is 62.9 Å². The molecule has 9 nitrogen and oxygen atoms in total. The van der Waals surface area contributed by atoms with E-state index < -0.39 is 12.1 Å². The van der Waals surface area contributed by atoms with Crippen LogP contribution in [-0.2, 0) is 32.1 Å². The van der Waals surface area contributed by atoms with Crippen LogP contribution in [0.25, 0.3) is 11.1 Å². The number of aromatic nitrogens is 1. The average molecular weight is 650 g/mol. The van der Waals surface area contributed by atoms with Crippen molar-refractivity contribution in [3.63, 3.8) is 0 Å². The first-order valence-corrected chi connectivity index (χ1v) is 16.9. The van der Waals surface area contributed by atoms with Crippen LogP contribution in [0.1, 0.15) is 64.8 Å². The minimum Gasteiger partial charge on any atom is -0.392 e. The van der Waals surface area contributed by atoms with E-state index >= 15 is 0 Å². The maximum Gasteiger partial charge on any atom is 0.253 e. The predicted molar refractivity (Wildman–Crippen MR) is 181 cm³/mol. The van der Waals surface area contributed by atoms with E-state index in [1.54, 1.807) is 24.5 Å². The molecule has 0 unspecified atom stereocenters. The first-order chi connectivity index (χ1) is 23.5. The molecule has 3 aliphatic rings. The number of benzene rings is 3. The molecule has 4 heterocycles. The molecule has 1 aromatic heterocycles. The smallest absolute Gasteiger partial charge is 0.253 e. The molecule has 4 aromatic rings. The fourth-order valence-corrected chi connectivity index (χ4v) is 7.00. The second-order valence-corrected chi connectivity index (χ2v) is 12.9. The Morgan fingerprint density at radius 2 is 1.65 bits per heavy atom. The molecule has 0 aliphatic carbocycles. The number of ether oxygens (including phenoxy) is 4. The molecule has 0 radical (unpaired) electrons. The van der Waals surface area contributed by atoms with Crippen LogP contribution in [0.4, 0.5) is 0 Å². The van der Waals surface area contributed by atoms with Crippen molar-refractivity contribution < 1.29 is 28.8 Å². The predicted octanol–water partition coefficient (Wildman–Crippen LogP) is 5.80. The summed E-state index contributed by atoms with van der Waals surface area (Å²) in [6, 6.07) is 28.0. The number of piperidine rings is 1. The second-order valence-electron chi connectivity index (χ2n) is 12.9. The Hall–Kier alpha value is -3.96. The molecule has 3 aliphatic heterocycles. The van der Waals surface area contributed by atoms with Crippen molar-refractivity contribution in [1.29, 1.82) is 0 Å². The SMILES string of the molecule is C[C@H]1[C@@H](CN2CCC3(CC2)OCCO3)O[C@@H](c2ccc(-c3ccccc3CNC(=O)c3cccnc3)cc2)O[C@H]1c1ccc(CO)cc1. The number of nitrogens with one attached hydrogen (secondary N) is 1. The van der Waals surface area contributed by atoms with Gasteiger partial charge in [-0.15, -0.1) is 0 Å². The van der Waals surface area contributed by atoms with Crippen molar-refractivity contribution in [1.82, 2.24) is 15.2 Å². The van der Waals surface area contributed by atoms with Crippen molar-refractivity contribution >= 4 is 5.91 Å². The number of carbonyl (C=O) groups is 1. The highest BCUT2D eigenvalue weighted by Crippen LogP contribution is 2.43. The van der Waals surface area contributed by atoms with Gasteiger partial charge in [0.25, 0.3) is 5.91 Å². The van der Waals surface area contributed by atoms with Gasteiger partial charge in [0.15, 0.2) is 12.1 Å². The van der Waals surface area contributed by atoms with E-state index in [2.05, 4.69) is 64.6 Å². The van der Waals surface area contributed by atoms with Gasteiger partial charge < -0.3 is 34.3 Å². The average Bonchev–Trinajstić information content (AvgIpc) is 3.61. The number of nitrogens with zero attached hydrogens (tertiary/aromatic N) is 2. The number of pyridine rings is 1. The molecule has 48 heavy (non-hydrogen) atoms. The molecule has 1 spiro atoms. The Balaban J connectivity index is 1.08. The molecule has 2 N–H and O–H groups in total. The van der Waals surface area contributed by atoms with Crippen LogP contribution in [0.5, 0.6) is 0 Å². The largest absolute Gasteiger partial charge is 0.392 e. The van der Waals surface area contributed by atoms with Gasteiger partial charge in [-0.25, -0.2) is 0 Å². The molecular formula is C39H43N3O6. The molecule has 0 bridgehead atoms. The van der Waals surface area contributed by atoms with Crippen LogP contribution in [0, 0.1) is 5.92 Å². The van der Waals surface area contributed by atoms with E-state index in [-0.39, 0.29) is 30.6 Å². The zero-order chi connectivity index (χ0) is 32.9. The summed E-state index contributed by atoms with van der Waals surface area (Å²) in [5.74, 6) is -0.471. The van der Waals surface area contributed by atoms with Crippen LogP contribution in [0.3, 0.4) is 0 Å². The number of rotatable bonds is 9. The number of aliphatic hydroxyl groups excluding tert-OH is 1. The maximum atomic E-state index is 12.7. The van der Waals surface area contributed by atoms with Gasteiger partial charge in [-0.2, -0.15) is 0 Å². The Morgan fingerprint density at radius 3 is 2.35 bits per heavy atom. The Labute approximate surface area is 281 Å². The highest BCUT2D eigenvalue weighted by atomic mass is 16.7. The molecule has 250 valence electrons. The van der Waals surface area contributed by atoms with Crippen molar-refractivity contribution in [2.75, 3.05) is 32.8 Å². The molecule has 4 atom stereocenters. The van der Waals surface area contributed by atoms with Crippen molar-refractivity contribution in [3.05, 3.63) is 125 Å². The third-order valence-corrected chi connectivity index (χ3v) is 9.87. The van der Waals surface area contributed by atoms with Gasteiger partial charge in [0.05, 0.1) is 37.6 Å². The van der Waals surface area contributed by atoms with E-state index in [9.17, 15) is 9.90 Å². The van der Waals surface area contributed by atoms with Crippen molar-refractivity contribution in [3.8, 4) is 11.1 Å². The van der Waals surface area contributed by atoms with Crippen molar-refractivity contribution in [2.24, 2.45) is 5.92 Å². The summed E-state index contributed by atoms with van der Waals surface area (Å²) in [4.78, 5) is 19.2. The first kappa shape index (κ1) is 32.6. The second kappa shape index (κ2) is 14.7. The number of hydrogen-bond acceptors (Lipinski definition) is 8. The summed E-state index contributed by atoms with van der Waals surface area (Å²) in [7, 11) is 0. The Morgan fingerprint density at radius 1 is 0.917 bits per heavy atom.